The van der Waals surface area contributed by atoms with Crippen LogP contribution in [0, 0.1) is 5.92 Å². The molecule has 0 radical (unpaired) electrons. The number of anilines is 3. The Morgan fingerprint density at radius 3 is 1.78 bits per heavy atom. The number of hydrogen-bond donors (Lipinski definition) is 8. The molecular formula is C60H67N12O13+. The van der Waals surface area contributed by atoms with Crippen LogP contribution in [0.2, 0.25) is 0 Å². The number of quaternary nitrogens is 1. The number of rotatable bonds is 27. The third-order valence-electron chi connectivity index (χ3n) is 14.8. The van der Waals surface area contributed by atoms with Gasteiger partial charge in [-0.25, -0.2) is 9.59 Å². The number of unbranched alkanes of at least 4 members (excludes halogenated alkanes) is 2. The molecule has 2 atom stereocenters. The quantitative estimate of drug-likeness (QED) is 0.0213. The number of imide groups is 3. The molecule has 5 aromatic rings. The van der Waals surface area contributed by atoms with Gasteiger partial charge in [-0.2, -0.15) is 0 Å². The minimum atomic E-state index is -1.12. The van der Waals surface area contributed by atoms with Crippen LogP contribution < -0.4 is 43.8 Å². The highest BCUT2D eigenvalue weighted by Gasteiger charge is 2.36. The minimum absolute atomic E-state index is 0.0573. The number of carbonyl (C=O) groups is 12. The highest BCUT2D eigenvalue weighted by atomic mass is 16.6. The lowest BCUT2D eigenvalue weighted by Crippen LogP contribution is -2.90. The fourth-order valence-corrected chi connectivity index (χ4v) is 10.3. The third kappa shape index (κ3) is 14.4. The summed E-state index contributed by atoms with van der Waals surface area (Å²) < 4.78 is 5.73. The molecule has 0 fully saturated rings. The van der Waals surface area contributed by atoms with Crippen molar-refractivity contribution in [3.8, 4) is 0 Å². The van der Waals surface area contributed by atoms with E-state index in [1.54, 1.807) is 92.7 Å². The second kappa shape index (κ2) is 27.4. The molecule has 12 N–H and O–H groups in total. The largest absolute Gasteiger partial charge is 0.445 e. The lowest BCUT2D eigenvalue weighted by Gasteiger charge is -2.29. The van der Waals surface area contributed by atoms with E-state index in [1.807, 2.05) is 0 Å². The van der Waals surface area contributed by atoms with Crippen molar-refractivity contribution in [2.45, 2.75) is 77.5 Å². The van der Waals surface area contributed by atoms with Crippen LogP contribution >= 0.6 is 0 Å². The van der Waals surface area contributed by atoms with Gasteiger partial charge in [0.05, 0.1) is 6.54 Å². The number of carbonyl (C=O) groups excluding carboxylic acids is 12. The average molecular weight is 1160 g/mol. The van der Waals surface area contributed by atoms with Crippen molar-refractivity contribution in [1.29, 1.82) is 0 Å². The van der Waals surface area contributed by atoms with Gasteiger partial charge in [0.2, 0.25) is 23.6 Å². The topological polar surface area (TPSA) is 370 Å². The molecule has 3 aliphatic heterocycles. The maximum Gasteiger partial charge on any atom is 0.410 e. The molecule has 0 spiro atoms. The summed E-state index contributed by atoms with van der Waals surface area (Å²) in [5.41, 5.74) is 20.2. The summed E-state index contributed by atoms with van der Waals surface area (Å²) >= 11 is 0. The average Bonchev–Trinajstić information content (AvgIpc) is 1.43. The van der Waals surface area contributed by atoms with Gasteiger partial charge in [0, 0.05) is 112 Å². The SMILES string of the molecule is CC(C)C(NC(=O)CCCCCN1C(=O)C=CC1=O)C(=O)N[C@@H](CCC[NH2+]C(N)=O)C(=O)Nc1ccc(COC(=O)N(CCCN2C(=O)c3cccc4c(N)ccc(c34)C2=O)CCNC(=O)CN2C(=O)c3cccc4c(N)ccc(c34)C2=O)cc1. The zero-order chi connectivity index (χ0) is 61.1. The highest BCUT2D eigenvalue weighted by molar-refractivity contribution is 6.28. The Labute approximate surface area is 487 Å². The van der Waals surface area contributed by atoms with E-state index >= 15 is 0 Å². The summed E-state index contributed by atoms with van der Waals surface area (Å²) in [6.07, 6.45) is 3.62. The third-order valence-corrected chi connectivity index (χ3v) is 14.8. The molecule has 1 unspecified atom stereocenters. The molecule has 5 aromatic carbocycles. The summed E-state index contributed by atoms with van der Waals surface area (Å²) in [5.74, 6) is -5.88. The van der Waals surface area contributed by atoms with E-state index in [1.165, 1.54) is 28.4 Å². The number of primary amides is 2. The number of nitrogen functional groups attached to an aromatic ring is 2. The van der Waals surface area contributed by atoms with Crippen molar-refractivity contribution < 1.29 is 67.6 Å². The smallest absolute Gasteiger partial charge is 0.410 e. The van der Waals surface area contributed by atoms with Gasteiger partial charge in [0.25, 0.3) is 35.4 Å². The van der Waals surface area contributed by atoms with Gasteiger partial charge in [0.15, 0.2) is 0 Å². The van der Waals surface area contributed by atoms with E-state index in [4.69, 9.17) is 21.9 Å². The molecule has 13 amide bonds. The van der Waals surface area contributed by atoms with Crippen LogP contribution in [-0.4, -0.2) is 149 Å². The van der Waals surface area contributed by atoms with Gasteiger partial charge >= 0.3 is 12.1 Å². The van der Waals surface area contributed by atoms with Crippen LogP contribution in [0.15, 0.2) is 97.1 Å². The van der Waals surface area contributed by atoms with Crippen LogP contribution in [0.4, 0.5) is 26.7 Å². The zero-order valence-corrected chi connectivity index (χ0v) is 47.0. The Bertz CT molecular complexity index is 3490. The number of nitrogens with two attached hydrogens (primary N) is 4. The zero-order valence-electron chi connectivity index (χ0n) is 47.0. The molecule has 444 valence electrons. The number of amides is 13. The Hall–Kier alpha value is -10.0. The molecular weight excluding hydrogens is 1100 g/mol. The number of urea groups is 1. The second-order valence-electron chi connectivity index (χ2n) is 21.1. The van der Waals surface area contributed by atoms with Gasteiger partial charge in [-0.1, -0.05) is 56.7 Å². The standard InChI is InChI=1S/C60H66N12O13/c1-34(2)52(68-46(73)15-4-3-5-29-70-48(75)24-25-49(70)76)54(78)67-45(14-8-26-65-59(63)83)53(77)66-36-18-16-35(17-19-36)33-85-60(84)69(28-9-30-71-55(79)39-12-6-10-37-43(61)22-20-41(50(37)39)56(71)80)31-27-64-47(74)32-72-57(81)40-13-7-11-38-44(62)23-21-42(51(38)40)58(72)82/h6-7,10-13,16-25,34,45,52H,3-5,8-9,14-15,26-33,61-62H2,1-2H3,(H,64,74)(H,66,77)(H,67,78)(H,68,73)(H3,63,65,83)/p+1/t45-,52?/m0/s1. The Balaban J connectivity index is 0.876. The first-order chi connectivity index (χ1) is 40.7. The predicted octanol–water partition coefficient (Wildman–Crippen LogP) is 2.67. The first-order valence-electron chi connectivity index (χ1n) is 27.9. The molecule has 85 heavy (non-hydrogen) atoms. The second-order valence-corrected chi connectivity index (χ2v) is 21.1. The van der Waals surface area contributed by atoms with Crippen LogP contribution in [-0.2, 0) is 40.1 Å². The van der Waals surface area contributed by atoms with Gasteiger partial charge in [-0.3, -0.25) is 68.0 Å². The van der Waals surface area contributed by atoms with Gasteiger partial charge in [-0.15, -0.1) is 0 Å². The molecule has 25 heteroatoms. The lowest BCUT2D eigenvalue weighted by molar-refractivity contribution is -0.554. The molecule has 0 aromatic heterocycles. The van der Waals surface area contributed by atoms with Crippen molar-refractivity contribution in [1.82, 2.24) is 35.6 Å². The fraction of sp³-hybridized carbons (Fsp3) is 0.333. The monoisotopic (exact) mass is 1160 g/mol. The molecule has 0 bridgehead atoms. The summed E-state index contributed by atoms with van der Waals surface area (Å²) in [4.78, 5) is 162. The van der Waals surface area contributed by atoms with E-state index in [0.717, 1.165) is 14.7 Å². The molecule has 25 nitrogen and oxygen atoms in total. The molecule has 3 aliphatic rings. The molecule has 0 saturated carbocycles. The van der Waals surface area contributed by atoms with Crippen molar-refractivity contribution >= 4 is 110 Å². The molecule has 0 saturated heterocycles. The van der Waals surface area contributed by atoms with Gasteiger partial charge in [-0.05, 0) is 92.1 Å². The number of hydrogen-bond acceptors (Lipinski definition) is 15. The predicted molar refractivity (Wildman–Crippen MR) is 311 cm³/mol. The van der Waals surface area contributed by atoms with E-state index in [9.17, 15) is 57.5 Å². The van der Waals surface area contributed by atoms with E-state index in [-0.39, 0.29) is 100 Å². The fourth-order valence-electron chi connectivity index (χ4n) is 10.3. The first-order valence-corrected chi connectivity index (χ1v) is 27.9. The van der Waals surface area contributed by atoms with Crippen LogP contribution in [0.25, 0.3) is 21.5 Å². The number of nitrogens with zero attached hydrogens (tertiary/aromatic N) is 4. The van der Waals surface area contributed by atoms with Crippen LogP contribution in [0.5, 0.6) is 0 Å². The van der Waals surface area contributed by atoms with Gasteiger partial charge in [0.1, 0.15) is 25.2 Å². The summed E-state index contributed by atoms with van der Waals surface area (Å²) in [7, 11) is 0. The Morgan fingerprint density at radius 1 is 0.612 bits per heavy atom. The number of nitrogens with one attached hydrogen (secondary N) is 4. The summed E-state index contributed by atoms with van der Waals surface area (Å²) in [6.45, 7) is 2.58. The van der Waals surface area contributed by atoms with Gasteiger partial charge < -0.3 is 48.1 Å². The molecule has 0 aliphatic carbocycles. The normalized spacial score (nSPS) is 14.3. The van der Waals surface area contributed by atoms with E-state index < -0.39 is 78.0 Å². The summed E-state index contributed by atoms with van der Waals surface area (Å²) in [6, 6.07) is 19.6. The van der Waals surface area contributed by atoms with Crippen LogP contribution in [0.1, 0.15) is 106 Å². The number of benzene rings is 5. The van der Waals surface area contributed by atoms with Crippen molar-refractivity contribution in [2.75, 3.05) is 62.6 Å². The van der Waals surface area contributed by atoms with Crippen molar-refractivity contribution in [3.05, 3.63) is 125 Å². The Kier molecular flexibility index (Phi) is 19.6. The minimum Gasteiger partial charge on any atom is -0.445 e. The highest BCUT2D eigenvalue weighted by Crippen LogP contribution is 2.35. The number of ether oxygens (including phenoxy) is 1. The first kappa shape index (κ1) is 61.0. The maximum atomic E-state index is 13.9. The lowest BCUT2D eigenvalue weighted by atomic mass is 9.93. The molecule has 8 rings (SSSR count). The summed E-state index contributed by atoms with van der Waals surface area (Å²) in [5, 5.41) is 14.2. The van der Waals surface area contributed by atoms with Crippen LogP contribution in [0.3, 0.4) is 0 Å². The van der Waals surface area contributed by atoms with Crippen molar-refractivity contribution in [3.63, 3.8) is 0 Å². The van der Waals surface area contributed by atoms with E-state index in [0.29, 0.717) is 74.6 Å². The maximum absolute atomic E-state index is 13.9. The Morgan fingerprint density at radius 2 is 1.19 bits per heavy atom. The molecule has 3 heterocycles. The van der Waals surface area contributed by atoms with E-state index in [2.05, 4.69) is 21.3 Å². The van der Waals surface area contributed by atoms with Crippen molar-refractivity contribution in [2.24, 2.45) is 11.7 Å².